The summed E-state index contributed by atoms with van der Waals surface area (Å²) in [5.41, 5.74) is 4.03. The molecule has 0 aliphatic carbocycles. The molecule has 1 aromatic heterocycles. The van der Waals surface area contributed by atoms with Crippen LogP contribution in [0.2, 0.25) is 0 Å². The number of hydrazine groups is 1. The van der Waals surface area contributed by atoms with Crippen molar-refractivity contribution in [3.63, 3.8) is 0 Å². The van der Waals surface area contributed by atoms with Crippen LogP contribution in [0.25, 0.3) is 10.1 Å². The molecule has 0 bridgehead atoms. The van der Waals surface area contributed by atoms with Crippen molar-refractivity contribution in [3.8, 4) is 0 Å². The number of fused-ring (bicyclic) bond motifs is 1. The first-order valence-electron chi connectivity index (χ1n) is 5.36. The molecule has 2 aromatic rings. The Labute approximate surface area is 99.2 Å². The van der Waals surface area contributed by atoms with Crippen molar-refractivity contribution in [2.24, 2.45) is 5.84 Å². The van der Waals surface area contributed by atoms with E-state index in [1.807, 2.05) is 13.0 Å². The summed E-state index contributed by atoms with van der Waals surface area (Å²) >= 11 is 1.74. The SMILES string of the molecule is CCOCC(NN)c1csc2ccccc12. The van der Waals surface area contributed by atoms with Gasteiger partial charge < -0.3 is 4.74 Å². The molecule has 1 aromatic carbocycles. The quantitative estimate of drug-likeness (QED) is 0.619. The van der Waals surface area contributed by atoms with Gasteiger partial charge in [-0.1, -0.05) is 18.2 Å². The maximum atomic E-state index is 5.57. The summed E-state index contributed by atoms with van der Waals surface area (Å²) in [6.45, 7) is 3.30. The number of thiophene rings is 1. The summed E-state index contributed by atoms with van der Waals surface area (Å²) in [6, 6.07) is 8.41. The fourth-order valence-corrected chi connectivity index (χ4v) is 2.75. The number of hydrogen-bond donors (Lipinski definition) is 2. The van der Waals surface area contributed by atoms with Crippen molar-refractivity contribution in [2.45, 2.75) is 13.0 Å². The molecule has 4 heteroatoms. The van der Waals surface area contributed by atoms with Crippen molar-refractivity contribution >= 4 is 21.4 Å². The molecule has 0 fully saturated rings. The fourth-order valence-electron chi connectivity index (χ4n) is 1.73. The van der Waals surface area contributed by atoms with Crippen LogP contribution in [-0.2, 0) is 4.74 Å². The van der Waals surface area contributed by atoms with Crippen LogP contribution < -0.4 is 11.3 Å². The lowest BCUT2D eigenvalue weighted by atomic mass is 10.1. The van der Waals surface area contributed by atoms with Gasteiger partial charge in [-0.3, -0.25) is 11.3 Å². The van der Waals surface area contributed by atoms with Crippen molar-refractivity contribution in [1.29, 1.82) is 0 Å². The molecule has 2 rings (SSSR count). The van der Waals surface area contributed by atoms with Gasteiger partial charge in [0.05, 0.1) is 12.6 Å². The highest BCUT2D eigenvalue weighted by Gasteiger charge is 2.14. The predicted octanol–water partition coefficient (Wildman–Crippen LogP) is 2.44. The third-order valence-corrected chi connectivity index (χ3v) is 3.56. The molecule has 3 nitrogen and oxygen atoms in total. The summed E-state index contributed by atoms with van der Waals surface area (Å²) in [7, 11) is 0. The summed E-state index contributed by atoms with van der Waals surface area (Å²) < 4.78 is 6.71. The molecule has 0 amide bonds. The molecule has 16 heavy (non-hydrogen) atoms. The Kier molecular flexibility index (Phi) is 3.90. The Morgan fingerprint density at radius 1 is 1.44 bits per heavy atom. The summed E-state index contributed by atoms with van der Waals surface area (Å²) in [5.74, 6) is 5.57. The second-order valence-corrected chi connectivity index (χ2v) is 4.48. The van der Waals surface area contributed by atoms with E-state index in [1.54, 1.807) is 11.3 Å². The minimum Gasteiger partial charge on any atom is -0.380 e. The molecule has 0 radical (unpaired) electrons. The second-order valence-electron chi connectivity index (χ2n) is 3.57. The smallest absolute Gasteiger partial charge is 0.0707 e. The van der Waals surface area contributed by atoms with Gasteiger partial charge in [-0.25, -0.2) is 0 Å². The Bertz CT molecular complexity index is 455. The maximum absolute atomic E-state index is 5.57. The maximum Gasteiger partial charge on any atom is 0.0707 e. The van der Waals surface area contributed by atoms with E-state index in [0.717, 1.165) is 0 Å². The Morgan fingerprint density at radius 3 is 3.00 bits per heavy atom. The van der Waals surface area contributed by atoms with Crippen LogP contribution in [0.4, 0.5) is 0 Å². The van der Waals surface area contributed by atoms with Crippen LogP contribution in [0.3, 0.4) is 0 Å². The van der Waals surface area contributed by atoms with Crippen molar-refractivity contribution in [3.05, 3.63) is 35.2 Å². The van der Waals surface area contributed by atoms with E-state index < -0.39 is 0 Å². The molecule has 0 saturated heterocycles. The monoisotopic (exact) mass is 236 g/mol. The third-order valence-electron chi connectivity index (χ3n) is 2.58. The average Bonchev–Trinajstić information content (AvgIpc) is 2.75. The number of hydrogen-bond acceptors (Lipinski definition) is 4. The highest BCUT2D eigenvalue weighted by atomic mass is 32.1. The number of ether oxygens (including phenoxy) is 1. The number of nitrogens with one attached hydrogen (secondary N) is 1. The number of rotatable bonds is 5. The van der Waals surface area contributed by atoms with Crippen LogP contribution in [-0.4, -0.2) is 13.2 Å². The van der Waals surface area contributed by atoms with Crippen LogP contribution >= 0.6 is 11.3 Å². The van der Waals surface area contributed by atoms with Gasteiger partial charge in [0.25, 0.3) is 0 Å². The van der Waals surface area contributed by atoms with Crippen molar-refractivity contribution in [2.75, 3.05) is 13.2 Å². The van der Waals surface area contributed by atoms with Gasteiger partial charge in [0.1, 0.15) is 0 Å². The van der Waals surface area contributed by atoms with Gasteiger partial charge in [-0.15, -0.1) is 11.3 Å². The average molecular weight is 236 g/mol. The number of nitrogens with two attached hydrogens (primary N) is 1. The van der Waals surface area contributed by atoms with E-state index in [-0.39, 0.29) is 6.04 Å². The predicted molar refractivity (Wildman–Crippen MR) is 68.4 cm³/mol. The van der Waals surface area contributed by atoms with E-state index in [2.05, 4.69) is 29.0 Å². The van der Waals surface area contributed by atoms with Crippen molar-refractivity contribution < 1.29 is 4.74 Å². The van der Waals surface area contributed by atoms with E-state index in [1.165, 1.54) is 15.6 Å². The molecular weight excluding hydrogens is 220 g/mol. The van der Waals surface area contributed by atoms with E-state index in [9.17, 15) is 0 Å². The molecule has 0 aliphatic heterocycles. The molecule has 0 aliphatic rings. The molecule has 0 spiro atoms. The minimum atomic E-state index is 0.0658. The molecule has 1 atom stereocenters. The summed E-state index contributed by atoms with van der Waals surface area (Å²) in [5, 5.41) is 3.41. The van der Waals surface area contributed by atoms with E-state index >= 15 is 0 Å². The van der Waals surface area contributed by atoms with Crippen molar-refractivity contribution in [1.82, 2.24) is 5.43 Å². The van der Waals surface area contributed by atoms with Gasteiger partial charge in [-0.05, 0) is 29.3 Å². The summed E-state index contributed by atoms with van der Waals surface area (Å²) in [6.07, 6.45) is 0. The highest BCUT2D eigenvalue weighted by Crippen LogP contribution is 2.29. The highest BCUT2D eigenvalue weighted by molar-refractivity contribution is 7.17. The van der Waals surface area contributed by atoms with E-state index in [4.69, 9.17) is 10.6 Å². The second kappa shape index (κ2) is 5.41. The van der Waals surface area contributed by atoms with Gasteiger partial charge >= 0.3 is 0 Å². The lowest BCUT2D eigenvalue weighted by Gasteiger charge is -2.15. The zero-order valence-corrected chi connectivity index (χ0v) is 10.1. The van der Waals surface area contributed by atoms with Crippen LogP contribution in [0.15, 0.2) is 29.6 Å². The van der Waals surface area contributed by atoms with Crippen LogP contribution in [0, 0.1) is 0 Å². The number of benzene rings is 1. The third kappa shape index (κ3) is 2.25. The molecule has 1 heterocycles. The molecule has 86 valence electrons. The largest absolute Gasteiger partial charge is 0.380 e. The zero-order chi connectivity index (χ0) is 11.4. The minimum absolute atomic E-state index is 0.0658. The normalized spacial score (nSPS) is 13.1. The lowest BCUT2D eigenvalue weighted by molar-refractivity contribution is 0.123. The molecule has 0 saturated carbocycles. The van der Waals surface area contributed by atoms with Crippen LogP contribution in [0.1, 0.15) is 18.5 Å². The van der Waals surface area contributed by atoms with E-state index in [0.29, 0.717) is 13.2 Å². The zero-order valence-electron chi connectivity index (χ0n) is 9.27. The van der Waals surface area contributed by atoms with Gasteiger partial charge in [0, 0.05) is 11.3 Å². The van der Waals surface area contributed by atoms with Crippen LogP contribution in [0.5, 0.6) is 0 Å². The first-order valence-corrected chi connectivity index (χ1v) is 6.24. The first-order chi connectivity index (χ1) is 7.86. The standard InChI is InChI=1S/C12H16N2OS/c1-2-15-7-11(14-13)10-8-16-12-6-4-3-5-9(10)12/h3-6,8,11,14H,2,7,13H2,1H3. The van der Waals surface area contributed by atoms with Gasteiger partial charge in [-0.2, -0.15) is 0 Å². The Morgan fingerprint density at radius 2 is 2.25 bits per heavy atom. The first kappa shape index (κ1) is 11.5. The van der Waals surface area contributed by atoms with Gasteiger partial charge in [0.2, 0.25) is 0 Å². The summed E-state index contributed by atoms with van der Waals surface area (Å²) in [4.78, 5) is 0. The molecular formula is C12H16N2OS. The molecule has 3 N–H and O–H groups in total. The fraction of sp³-hybridized carbons (Fsp3) is 0.333. The van der Waals surface area contributed by atoms with Gasteiger partial charge in [0.15, 0.2) is 0 Å². The topological polar surface area (TPSA) is 47.3 Å². The Balaban J connectivity index is 2.30. The molecule has 1 unspecified atom stereocenters. The lowest BCUT2D eigenvalue weighted by Crippen LogP contribution is -2.31. The Hall–Kier alpha value is -0.940.